The van der Waals surface area contributed by atoms with E-state index in [9.17, 15) is 18.0 Å². The number of carbonyl (C=O) groups is 1. The zero-order chi connectivity index (χ0) is 23.0. The third-order valence-corrected chi connectivity index (χ3v) is 4.92. The Morgan fingerprint density at radius 1 is 1.19 bits per heavy atom. The van der Waals surface area contributed by atoms with E-state index >= 15 is 0 Å². The molecule has 0 radical (unpaired) electrons. The second kappa shape index (κ2) is 7.98. The Morgan fingerprint density at radius 2 is 1.91 bits per heavy atom. The monoisotopic (exact) mass is 444 g/mol. The molecule has 0 saturated heterocycles. The largest absolute Gasteiger partial charge is 0.497 e. The van der Waals surface area contributed by atoms with Gasteiger partial charge < -0.3 is 10.1 Å². The van der Waals surface area contributed by atoms with Crippen molar-refractivity contribution in [2.75, 3.05) is 7.11 Å². The standard InChI is InChI=1S/C21H19F3N6O2/c1-12-8-14(29(2)28-12)10-25-20(31)16-11-26-30-18(21(22,23)24)9-17(27-19(16)30)13-4-6-15(32-3)7-5-13/h4-9,11H,10H2,1-3H3,(H,25,31). The maximum atomic E-state index is 13.7. The van der Waals surface area contributed by atoms with Gasteiger partial charge in [0, 0.05) is 12.6 Å². The summed E-state index contributed by atoms with van der Waals surface area (Å²) in [6.07, 6.45) is -3.62. The molecule has 1 amide bonds. The molecule has 1 aromatic carbocycles. The maximum Gasteiger partial charge on any atom is 0.433 e. The average Bonchev–Trinajstić information content (AvgIpc) is 3.32. The van der Waals surface area contributed by atoms with Gasteiger partial charge in [0.15, 0.2) is 11.3 Å². The molecule has 0 aliphatic rings. The van der Waals surface area contributed by atoms with Crippen LogP contribution in [0.25, 0.3) is 16.9 Å². The summed E-state index contributed by atoms with van der Waals surface area (Å²) < 4.78 is 48.6. The van der Waals surface area contributed by atoms with Crippen LogP contribution >= 0.6 is 0 Å². The SMILES string of the molecule is COc1ccc(-c2cc(C(F)(F)F)n3ncc(C(=O)NCc4cc(C)nn4C)c3n2)cc1. The van der Waals surface area contributed by atoms with Gasteiger partial charge in [-0.15, -0.1) is 0 Å². The van der Waals surface area contributed by atoms with Gasteiger partial charge in [-0.25, -0.2) is 9.50 Å². The highest BCUT2D eigenvalue weighted by Crippen LogP contribution is 2.33. The van der Waals surface area contributed by atoms with Crippen LogP contribution in [-0.2, 0) is 19.8 Å². The second-order valence-corrected chi connectivity index (χ2v) is 7.13. The molecule has 0 aliphatic carbocycles. The molecule has 4 rings (SSSR count). The number of ether oxygens (including phenoxy) is 1. The number of hydrogen-bond donors (Lipinski definition) is 1. The van der Waals surface area contributed by atoms with Gasteiger partial charge in [-0.1, -0.05) is 0 Å². The lowest BCUT2D eigenvalue weighted by Crippen LogP contribution is -2.24. The summed E-state index contributed by atoms with van der Waals surface area (Å²) in [5.74, 6) is -0.0351. The fourth-order valence-corrected chi connectivity index (χ4v) is 3.33. The Bertz CT molecular complexity index is 1290. The number of aromatic nitrogens is 5. The molecule has 11 heteroatoms. The molecule has 0 fully saturated rings. The van der Waals surface area contributed by atoms with Gasteiger partial charge in [-0.2, -0.15) is 23.4 Å². The van der Waals surface area contributed by atoms with E-state index in [1.807, 2.05) is 6.92 Å². The molecule has 8 nitrogen and oxygen atoms in total. The first-order valence-corrected chi connectivity index (χ1v) is 9.55. The first kappa shape index (κ1) is 21.3. The third-order valence-electron chi connectivity index (χ3n) is 4.92. The topological polar surface area (TPSA) is 86.3 Å². The summed E-state index contributed by atoms with van der Waals surface area (Å²) in [7, 11) is 3.23. The van der Waals surface area contributed by atoms with Crippen molar-refractivity contribution < 1.29 is 22.7 Å². The number of hydrogen-bond acceptors (Lipinski definition) is 5. The minimum absolute atomic E-state index is 0.0595. The summed E-state index contributed by atoms with van der Waals surface area (Å²) in [5, 5.41) is 10.7. The third kappa shape index (κ3) is 4.01. The molecule has 0 saturated carbocycles. The number of rotatable bonds is 5. The van der Waals surface area contributed by atoms with Crippen molar-refractivity contribution in [2.45, 2.75) is 19.6 Å². The molecule has 0 atom stereocenters. The Hall–Kier alpha value is -3.89. The van der Waals surface area contributed by atoms with Gasteiger partial charge in [-0.3, -0.25) is 9.48 Å². The normalized spacial score (nSPS) is 11.7. The Balaban J connectivity index is 1.75. The van der Waals surface area contributed by atoms with E-state index < -0.39 is 17.8 Å². The van der Waals surface area contributed by atoms with E-state index in [-0.39, 0.29) is 23.4 Å². The molecule has 4 aromatic rings. The Morgan fingerprint density at radius 3 is 2.50 bits per heavy atom. The van der Waals surface area contributed by atoms with Gasteiger partial charge >= 0.3 is 6.18 Å². The second-order valence-electron chi connectivity index (χ2n) is 7.13. The van der Waals surface area contributed by atoms with Crippen molar-refractivity contribution >= 4 is 11.6 Å². The van der Waals surface area contributed by atoms with Crippen molar-refractivity contribution in [1.29, 1.82) is 0 Å². The van der Waals surface area contributed by atoms with Crippen LogP contribution < -0.4 is 10.1 Å². The van der Waals surface area contributed by atoms with Crippen LogP contribution in [0.3, 0.4) is 0 Å². The van der Waals surface area contributed by atoms with E-state index in [0.717, 1.165) is 23.7 Å². The van der Waals surface area contributed by atoms with Crippen molar-refractivity contribution in [1.82, 2.24) is 29.7 Å². The van der Waals surface area contributed by atoms with Crippen molar-refractivity contribution in [3.8, 4) is 17.0 Å². The highest BCUT2D eigenvalue weighted by atomic mass is 19.4. The number of alkyl halides is 3. The summed E-state index contributed by atoms with van der Waals surface area (Å²) >= 11 is 0. The van der Waals surface area contributed by atoms with Crippen LogP contribution in [0.4, 0.5) is 13.2 Å². The molecule has 166 valence electrons. The minimum Gasteiger partial charge on any atom is -0.497 e. The fraction of sp³-hybridized carbons (Fsp3) is 0.238. The lowest BCUT2D eigenvalue weighted by molar-refractivity contribution is -0.142. The van der Waals surface area contributed by atoms with Crippen LogP contribution in [0.1, 0.15) is 27.4 Å². The number of benzene rings is 1. The quantitative estimate of drug-likeness (QED) is 0.510. The smallest absolute Gasteiger partial charge is 0.433 e. The van der Waals surface area contributed by atoms with Crippen LogP contribution in [0.5, 0.6) is 5.75 Å². The number of methoxy groups -OCH3 is 1. The molecular weight excluding hydrogens is 425 g/mol. The number of carbonyl (C=O) groups excluding carboxylic acids is 1. The van der Waals surface area contributed by atoms with Gasteiger partial charge in [0.25, 0.3) is 5.91 Å². The zero-order valence-electron chi connectivity index (χ0n) is 17.4. The number of nitrogens with one attached hydrogen (secondary N) is 1. The fourth-order valence-electron chi connectivity index (χ4n) is 3.33. The van der Waals surface area contributed by atoms with E-state index in [0.29, 0.717) is 15.8 Å². The minimum atomic E-state index is -4.70. The number of aryl methyl sites for hydroxylation is 2. The summed E-state index contributed by atoms with van der Waals surface area (Å²) in [6, 6.07) is 9.14. The van der Waals surface area contributed by atoms with Crippen molar-refractivity contribution in [3.63, 3.8) is 0 Å². The van der Waals surface area contributed by atoms with Crippen LogP contribution in [0.2, 0.25) is 0 Å². The average molecular weight is 444 g/mol. The van der Waals surface area contributed by atoms with Crippen LogP contribution in [0, 0.1) is 6.92 Å². The van der Waals surface area contributed by atoms with Gasteiger partial charge in [0.1, 0.15) is 11.3 Å². The molecule has 1 N–H and O–H groups in total. The number of fused-ring (bicyclic) bond motifs is 1. The molecule has 0 bridgehead atoms. The first-order valence-electron chi connectivity index (χ1n) is 9.55. The molecule has 3 heterocycles. The lowest BCUT2D eigenvalue weighted by Gasteiger charge is -2.12. The first-order chi connectivity index (χ1) is 15.2. The van der Waals surface area contributed by atoms with Gasteiger partial charge in [-0.05, 0) is 43.3 Å². The van der Waals surface area contributed by atoms with Crippen molar-refractivity contribution in [3.05, 3.63) is 65.2 Å². The molecule has 0 unspecified atom stereocenters. The van der Waals surface area contributed by atoms with Crippen LogP contribution in [-0.4, -0.2) is 37.4 Å². The van der Waals surface area contributed by atoms with Gasteiger partial charge in [0.05, 0.1) is 36.9 Å². The summed E-state index contributed by atoms with van der Waals surface area (Å²) in [6.45, 7) is 1.97. The van der Waals surface area contributed by atoms with E-state index in [1.165, 1.54) is 7.11 Å². The predicted molar refractivity (Wildman–Crippen MR) is 109 cm³/mol. The zero-order valence-corrected chi connectivity index (χ0v) is 17.4. The number of halogens is 3. The highest BCUT2D eigenvalue weighted by molar-refractivity contribution is 5.99. The highest BCUT2D eigenvalue weighted by Gasteiger charge is 2.36. The summed E-state index contributed by atoms with van der Waals surface area (Å²) in [4.78, 5) is 17.1. The van der Waals surface area contributed by atoms with Crippen molar-refractivity contribution in [2.24, 2.45) is 7.05 Å². The van der Waals surface area contributed by atoms with Gasteiger partial charge in [0.2, 0.25) is 0 Å². The van der Waals surface area contributed by atoms with Crippen LogP contribution in [0.15, 0.2) is 42.6 Å². The summed E-state index contributed by atoms with van der Waals surface area (Å²) in [5.41, 5.74) is 0.744. The molecular formula is C21H19F3N6O2. The lowest BCUT2D eigenvalue weighted by atomic mass is 10.1. The molecule has 3 aromatic heterocycles. The Labute approximate surface area is 180 Å². The van der Waals surface area contributed by atoms with E-state index in [4.69, 9.17) is 4.74 Å². The predicted octanol–water partition coefficient (Wildman–Crippen LogP) is 3.40. The number of amides is 1. The molecule has 0 aliphatic heterocycles. The molecule has 0 spiro atoms. The maximum absolute atomic E-state index is 13.7. The van der Waals surface area contributed by atoms with E-state index in [1.54, 1.807) is 42.1 Å². The van der Waals surface area contributed by atoms with E-state index in [2.05, 4.69) is 20.5 Å². The Kier molecular flexibility index (Phi) is 5.33. The number of nitrogens with zero attached hydrogens (tertiary/aromatic N) is 5. The molecule has 32 heavy (non-hydrogen) atoms.